The Morgan fingerprint density at radius 2 is 1.94 bits per heavy atom. The first-order valence-corrected chi connectivity index (χ1v) is 11.2. The van der Waals surface area contributed by atoms with Gasteiger partial charge < -0.3 is 9.47 Å². The second-order valence-corrected chi connectivity index (χ2v) is 9.11. The standard InChI is InChI=1S/C24H31N5O2/c1-5-6-9-28-20(25)18(23(30)27-13-15(2)11-16(3)14-27)12-19-22(28)26-21-17(4)8-7-10-29(21)24(19)31/h7-8,10,12,15-16,25H,5-6,9,11,13-14H2,1-4H3. The zero-order chi connectivity index (χ0) is 22.3. The minimum atomic E-state index is -0.205. The summed E-state index contributed by atoms with van der Waals surface area (Å²) in [6.07, 6.45) is 4.59. The summed E-state index contributed by atoms with van der Waals surface area (Å²) in [4.78, 5) is 33.4. The number of amides is 1. The van der Waals surface area contributed by atoms with Crippen LogP contribution in [0.5, 0.6) is 0 Å². The number of hydrogen-bond donors (Lipinski definition) is 1. The van der Waals surface area contributed by atoms with Crippen LogP contribution in [0.15, 0.2) is 29.2 Å². The Hall–Kier alpha value is -2.96. The Morgan fingerprint density at radius 1 is 1.23 bits per heavy atom. The van der Waals surface area contributed by atoms with Gasteiger partial charge in [-0.2, -0.15) is 0 Å². The van der Waals surface area contributed by atoms with Crippen LogP contribution in [0.25, 0.3) is 16.7 Å². The molecule has 0 saturated carbocycles. The van der Waals surface area contributed by atoms with Crippen LogP contribution in [0.4, 0.5) is 0 Å². The number of piperidine rings is 1. The molecule has 3 aromatic heterocycles. The van der Waals surface area contributed by atoms with E-state index >= 15 is 0 Å². The maximum atomic E-state index is 13.5. The van der Waals surface area contributed by atoms with Crippen LogP contribution >= 0.6 is 0 Å². The van der Waals surface area contributed by atoms with Crippen molar-refractivity contribution >= 4 is 22.6 Å². The number of nitrogens with zero attached hydrogens (tertiary/aromatic N) is 4. The van der Waals surface area contributed by atoms with Crippen molar-refractivity contribution in [3.05, 3.63) is 51.4 Å². The molecule has 2 unspecified atom stereocenters. The summed E-state index contributed by atoms with van der Waals surface area (Å²) < 4.78 is 3.28. The smallest absolute Gasteiger partial charge is 0.267 e. The highest BCUT2D eigenvalue weighted by atomic mass is 16.2. The number of rotatable bonds is 4. The van der Waals surface area contributed by atoms with Crippen LogP contribution in [0, 0.1) is 24.2 Å². The van der Waals surface area contributed by atoms with Crippen molar-refractivity contribution in [2.45, 2.75) is 53.5 Å². The highest BCUT2D eigenvalue weighted by Gasteiger charge is 2.28. The molecule has 1 saturated heterocycles. The third-order valence-corrected chi connectivity index (χ3v) is 6.26. The van der Waals surface area contributed by atoms with Gasteiger partial charge in [-0.1, -0.05) is 33.3 Å². The van der Waals surface area contributed by atoms with Gasteiger partial charge in [-0.3, -0.25) is 19.4 Å². The number of nitrogens with one attached hydrogen (secondary N) is 1. The van der Waals surface area contributed by atoms with Gasteiger partial charge in [-0.05, 0) is 49.3 Å². The molecule has 7 heteroatoms. The minimum Gasteiger partial charge on any atom is -0.338 e. The van der Waals surface area contributed by atoms with Crippen LogP contribution < -0.4 is 11.0 Å². The molecule has 164 valence electrons. The van der Waals surface area contributed by atoms with Gasteiger partial charge in [0.15, 0.2) is 0 Å². The first kappa shape index (κ1) is 21.3. The van der Waals surface area contributed by atoms with Crippen molar-refractivity contribution in [3.8, 4) is 0 Å². The fourth-order valence-corrected chi connectivity index (χ4v) is 4.79. The average molecular weight is 422 g/mol. The molecule has 0 spiro atoms. The lowest BCUT2D eigenvalue weighted by atomic mass is 9.91. The quantitative estimate of drug-likeness (QED) is 0.656. The topological polar surface area (TPSA) is 83.5 Å². The SMILES string of the molecule is CCCCn1c(=N)c(C(=O)N2CC(C)CC(C)C2)cc2c(=O)n3cccc(C)c3nc21. The molecule has 31 heavy (non-hydrogen) atoms. The average Bonchev–Trinajstić information content (AvgIpc) is 2.73. The zero-order valence-electron chi connectivity index (χ0n) is 18.8. The van der Waals surface area contributed by atoms with E-state index in [1.54, 1.807) is 16.8 Å². The van der Waals surface area contributed by atoms with Gasteiger partial charge in [0.2, 0.25) is 0 Å². The second kappa shape index (κ2) is 8.29. The molecule has 1 fully saturated rings. The number of likely N-dealkylation sites (tertiary alicyclic amines) is 1. The number of carbonyl (C=O) groups excluding carboxylic acids is 1. The van der Waals surface area contributed by atoms with Crippen molar-refractivity contribution in [2.24, 2.45) is 11.8 Å². The molecular weight excluding hydrogens is 390 g/mol. The minimum absolute atomic E-state index is 0.140. The highest BCUT2D eigenvalue weighted by molar-refractivity contribution is 5.97. The summed E-state index contributed by atoms with van der Waals surface area (Å²) in [6.45, 7) is 10.2. The fourth-order valence-electron chi connectivity index (χ4n) is 4.79. The van der Waals surface area contributed by atoms with Crippen LogP contribution in [-0.2, 0) is 6.54 Å². The van der Waals surface area contributed by atoms with Crippen molar-refractivity contribution in [1.82, 2.24) is 18.9 Å². The molecule has 4 heterocycles. The Morgan fingerprint density at radius 3 is 2.61 bits per heavy atom. The summed E-state index contributed by atoms with van der Waals surface area (Å²) in [6, 6.07) is 5.34. The number of unbranched alkanes of at least 4 members (excludes halogenated alkanes) is 1. The van der Waals surface area contributed by atoms with E-state index in [4.69, 9.17) is 10.4 Å². The largest absolute Gasteiger partial charge is 0.338 e. The molecule has 0 aliphatic carbocycles. The van der Waals surface area contributed by atoms with Crippen molar-refractivity contribution in [2.75, 3.05) is 13.1 Å². The fraction of sp³-hybridized carbons (Fsp3) is 0.500. The molecule has 3 aromatic rings. The number of aromatic nitrogens is 3. The van der Waals surface area contributed by atoms with Gasteiger partial charge in [0.1, 0.15) is 16.8 Å². The molecule has 0 bridgehead atoms. The Bertz CT molecular complexity index is 1260. The summed E-state index contributed by atoms with van der Waals surface area (Å²) in [5, 5.41) is 9.24. The van der Waals surface area contributed by atoms with E-state index < -0.39 is 0 Å². The molecule has 4 rings (SSSR count). The Kier molecular flexibility index (Phi) is 5.69. The maximum Gasteiger partial charge on any atom is 0.267 e. The van der Waals surface area contributed by atoms with Gasteiger partial charge in [0.25, 0.3) is 11.5 Å². The van der Waals surface area contributed by atoms with Crippen LogP contribution in [0.1, 0.15) is 56.0 Å². The predicted octanol–water partition coefficient (Wildman–Crippen LogP) is 3.36. The summed E-state index contributed by atoms with van der Waals surface area (Å²) in [5.74, 6) is 0.687. The van der Waals surface area contributed by atoms with Crippen molar-refractivity contribution in [3.63, 3.8) is 0 Å². The first-order valence-electron chi connectivity index (χ1n) is 11.2. The first-order chi connectivity index (χ1) is 14.8. The monoisotopic (exact) mass is 421 g/mol. The summed E-state index contributed by atoms with van der Waals surface area (Å²) >= 11 is 0. The lowest BCUT2D eigenvalue weighted by Crippen LogP contribution is -2.45. The lowest BCUT2D eigenvalue weighted by Gasteiger charge is -2.35. The number of fused-ring (bicyclic) bond motifs is 2. The molecule has 2 atom stereocenters. The summed E-state index contributed by atoms with van der Waals surface area (Å²) in [7, 11) is 0. The van der Waals surface area contributed by atoms with E-state index in [9.17, 15) is 9.59 Å². The highest BCUT2D eigenvalue weighted by Crippen LogP contribution is 2.22. The van der Waals surface area contributed by atoms with E-state index in [2.05, 4.69) is 20.8 Å². The third-order valence-electron chi connectivity index (χ3n) is 6.26. The third kappa shape index (κ3) is 3.77. The van der Waals surface area contributed by atoms with Crippen molar-refractivity contribution in [1.29, 1.82) is 5.41 Å². The van der Waals surface area contributed by atoms with E-state index in [0.29, 0.717) is 48.2 Å². The predicted molar refractivity (Wildman–Crippen MR) is 121 cm³/mol. The Labute approximate surface area is 181 Å². The number of carbonyl (C=O) groups is 1. The van der Waals surface area contributed by atoms with Gasteiger partial charge in [0.05, 0.1) is 10.9 Å². The number of pyridine rings is 2. The van der Waals surface area contributed by atoms with Gasteiger partial charge in [-0.25, -0.2) is 4.98 Å². The Balaban J connectivity index is 1.96. The van der Waals surface area contributed by atoms with E-state index in [1.807, 2.05) is 24.0 Å². The maximum absolute atomic E-state index is 13.5. The number of hydrogen-bond acceptors (Lipinski definition) is 4. The van der Waals surface area contributed by atoms with Crippen LogP contribution in [0.2, 0.25) is 0 Å². The van der Waals surface area contributed by atoms with E-state index in [0.717, 1.165) is 24.8 Å². The zero-order valence-corrected chi connectivity index (χ0v) is 18.8. The van der Waals surface area contributed by atoms with E-state index in [-0.39, 0.29) is 22.5 Å². The molecule has 1 amide bonds. The molecule has 0 aromatic carbocycles. The van der Waals surface area contributed by atoms with Gasteiger partial charge in [-0.15, -0.1) is 0 Å². The van der Waals surface area contributed by atoms with Gasteiger partial charge >= 0.3 is 0 Å². The molecule has 7 nitrogen and oxygen atoms in total. The summed E-state index contributed by atoms with van der Waals surface area (Å²) in [5.41, 5.74) is 2.19. The molecular formula is C24H31N5O2. The van der Waals surface area contributed by atoms with Crippen LogP contribution in [0.3, 0.4) is 0 Å². The molecule has 1 aliphatic rings. The lowest BCUT2D eigenvalue weighted by molar-refractivity contribution is 0.0620. The van der Waals surface area contributed by atoms with Crippen LogP contribution in [-0.4, -0.2) is 37.8 Å². The molecule has 1 aliphatic heterocycles. The van der Waals surface area contributed by atoms with Gasteiger partial charge in [0, 0.05) is 25.8 Å². The normalized spacial score (nSPS) is 19.3. The molecule has 1 N–H and O–H groups in total. The van der Waals surface area contributed by atoms with Crippen molar-refractivity contribution < 1.29 is 4.79 Å². The van der Waals surface area contributed by atoms with E-state index in [1.165, 1.54) is 4.40 Å². The second-order valence-electron chi connectivity index (χ2n) is 9.11. The molecule has 0 radical (unpaired) electrons. The number of aryl methyl sites for hydroxylation is 2.